The minimum absolute atomic E-state index is 0.189. The first-order valence-corrected chi connectivity index (χ1v) is 5.14. The molecule has 5 heteroatoms. The van der Waals surface area contributed by atoms with Gasteiger partial charge < -0.3 is 9.47 Å². The van der Waals surface area contributed by atoms with Crippen molar-refractivity contribution >= 4 is 28.6 Å². The second-order valence-corrected chi connectivity index (χ2v) is 3.86. The van der Waals surface area contributed by atoms with Crippen LogP contribution in [0.4, 0.5) is 0 Å². The quantitative estimate of drug-likeness (QED) is 0.629. The second-order valence-electron chi connectivity index (χ2n) is 2.62. The number of esters is 1. The van der Waals surface area contributed by atoms with E-state index in [9.17, 15) is 4.79 Å². The van der Waals surface area contributed by atoms with Gasteiger partial charge in [0.2, 0.25) is 0 Å². The maximum atomic E-state index is 10.8. The molecule has 0 unspecified atom stereocenters. The van der Waals surface area contributed by atoms with Gasteiger partial charge >= 0.3 is 5.97 Å². The average molecular weight is 317 g/mol. The number of halogens is 1. The van der Waals surface area contributed by atoms with E-state index in [1.165, 1.54) is 7.11 Å². The topological polar surface area (TPSA) is 59.3 Å². The zero-order valence-corrected chi connectivity index (χ0v) is 10.1. The Morgan fingerprint density at radius 1 is 1.60 bits per heavy atom. The third kappa shape index (κ3) is 3.40. The fourth-order valence-electron chi connectivity index (χ4n) is 0.911. The number of carbonyl (C=O) groups is 1. The molecular weight excluding hydrogens is 309 g/mol. The summed E-state index contributed by atoms with van der Waals surface area (Å²) in [5.74, 6) is -0.0826. The highest BCUT2D eigenvalue weighted by Crippen LogP contribution is 2.20. The minimum Gasteiger partial charge on any atom is -0.481 e. The molecule has 0 radical (unpaired) electrons. The molecular formula is C10H8INO3. The smallest absolute Gasteiger partial charge is 0.343 e. The summed E-state index contributed by atoms with van der Waals surface area (Å²) in [4.78, 5) is 10.8. The van der Waals surface area contributed by atoms with Crippen LogP contribution in [0.1, 0.15) is 5.56 Å². The van der Waals surface area contributed by atoms with Crippen LogP contribution in [0.5, 0.6) is 5.75 Å². The van der Waals surface area contributed by atoms with Crippen molar-refractivity contribution in [1.82, 2.24) is 0 Å². The summed E-state index contributed by atoms with van der Waals surface area (Å²) in [6.45, 7) is -0.189. The Labute approximate surface area is 101 Å². The minimum atomic E-state index is -0.475. The van der Waals surface area contributed by atoms with Gasteiger partial charge in [0, 0.05) is 3.57 Å². The summed E-state index contributed by atoms with van der Waals surface area (Å²) in [6, 6.07) is 7.14. The molecule has 0 spiro atoms. The number of nitrogens with zero attached hydrogens (tertiary/aromatic N) is 1. The summed E-state index contributed by atoms with van der Waals surface area (Å²) in [5.41, 5.74) is 0.408. The van der Waals surface area contributed by atoms with Gasteiger partial charge in [0.05, 0.1) is 12.7 Å². The first-order valence-electron chi connectivity index (χ1n) is 4.06. The van der Waals surface area contributed by atoms with Crippen molar-refractivity contribution in [3.8, 4) is 11.8 Å². The first kappa shape index (κ1) is 11.8. The van der Waals surface area contributed by atoms with Crippen LogP contribution in [-0.2, 0) is 9.53 Å². The Morgan fingerprint density at radius 3 is 2.93 bits per heavy atom. The van der Waals surface area contributed by atoms with Crippen LogP contribution in [0.25, 0.3) is 0 Å². The van der Waals surface area contributed by atoms with Gasteiger partial charge in [-0.2, -0.15) is 5.26 Å². The molecule has 1 rings (SSSR count). The summed E-state index contributed by atoms with van der Waals surface area (Å²) in [6.07, 6.45) is 0. The van der Waals surface area contributed by atoms with Crippen molar-refractivity contribution in [2.75, 3.05) is 13.7 Å². The Bertz CT molecular complexity index is 412. The molecule has 4 nitrogen and oxygen atoms in total. The van der Waals surface area contributed by atoms with Gasteiger partial charge in [-0.25, -0.2) is 4.79 Å². The molecule has 0 aromatic heterocycles. The number of rotatable bonds is 3. The molecule has 78 valence electrons. The van der Waals surface area contributed by atoms with Crippen molar-refractivity contribution in [2.45, 2.75) is 0 Å². The van der Waals surface area contributed by atoms with Crippen molar-refractivity contribution in [2.24, 2.45) is 0 Å². The highest BCUT2D eigenvalue weighted by Gasteiger charge is 2.06. The van der Waals surface area contributed by atoms with Crippen LogP contribution < -0.4 is 4.74 Å². The fourth-order valence-corrected chi connectivity index (χ4v) is 1.40. The summed E-state index contributed by atoms with van der Waals surface area (Å²) in [5, 5.41) is 8.82. The van der Waals surface area contributed by atoms with Crippen LogP contribution in [-0.4, -0.2) is 19.7 Å². The van der Waals surface area contributed by atoms with E-state index in [0.717, 1.165) is 3.57 Å². The van der Waals surface area contributed by atoms with Crippen molar-refractivity contribution in [3.63, 3.8) is 0 Å². The lowest BCUT2D eigenvalue weighted by Gasteiger charge is -2.06. The zero-order valence-electron chi connectivity index (χ0n) is 7.99. The summed E-state index contributed by atoms with van der Waals surface area (Å²) >= 11 is 2.10. The van der Waals surface area contributed by atoms with Crippen molar-refractivity contribution in [3.05, 3.63) is 27.3 Å². The maximum absolute atomic E-state index is 10.8. The first-order chi connectivity index (χ1) is 7.17. The predicted molar refractivity (Wildman–Crippen MR) is 61.4 cm³/mol. The van der Waals surface area contributed by atoms with Gasteiger partial charge in [-0.1, -0.05) is 0 Å². The van der Waals surface area contributed by atoms with E-state index in [1.807, 2.05) is 6.07 Å². The van der Waals surface area contributed by atoms with Crippen LogP contribution in [0.15, 0.2) is 18.2 Å². The summed E-state index contributed by atoms with van der Waals surface area (Å²) < 4.78 is 10.5. The van der Waals surface area contributed by atoms with E-state index >= 15 is 0 Å². The van der Waals surface area contributed by atoms with Gasteiger partial charge in [-0.15, -0.1) is 0 Å². The number of hydrogen-bond acceptors (Lipinski definition) is 4. The monoisotopic (exact) mass is 317 g/mol. The van der Waals surface area contributed by atoms with Crippen LogP contribution in [0, 0.1) is 14.9 Å². The van der Waals surface area contributed by atoms with Crippen molar-refractivity contribution in [1.29, 1.82) is 5.26 Å². The van der Waals surface area contributed by atoms with Crippen LogP contribution in [0.3, 0.4) is 0 Å². The molecule has 0 N–H and O–H groups in total. The summed E-state index contributed by atoms with van der Waals surface area (Å²) in [7, 11) is 1.28. The molecule has 0 aliphatic rings. The van der Waals surface area contributed by atoms with E-state index in [2.05, 4.69) is 27.3 Å². The molecule has 1 aromatic carbocycles. The highest BCUT2D eigenvalue weighted by atomic mass is 127. The number of nitriles is 1. The van der Waals surface area contributed by atoms with Gasteiger partial charge in [0.1, 0.15) is 11.8 Å². The highest BCUT2D eigenvalue weighted by molar-refractivity contribution is 14.1. The predicted octanol–water partition coefficient (Wildman–Crippen LogP) is 1.71. The number of benzene rings is 1. The Balaban J connectivity index is 2.77. The second kappa shape index (κ2) is 5.56. The normalized spacial score (nSPS) is 9.13. The SMILES string of the molecule is COC(=O)COc1ccc(I)cc1C#N. The number of methoxy groups -OCH3 is 1. The lowest BCUT2D eigenvalue weighted by atomic mass is 10.2. The molecule has 0 saturated carbocycles. The molecule has 1 aromatic rings. The molecule has 0 saturated heterocycles. The molecule has 0 bridgehead atoms. The van der Waals surface area contributed by atoms with Crippen LogP contribution >= 0.6 is 22.6 Å². The molecule has 15 heavy (non-hydrogen) atoms. The number of ether oxygens (including phenoxy) is 2. The lowest BCUT2D eigenvalue weighted by Crippen LogP contribution is -2.13. The van der Waals surface area contributed by atoms with Gasteiger partial charge in [0.25, 0.3) is 0 Å². The van der Waals surface area contributed by atoms with Gasteiger partial charge in [-0.3, -0.25) is 0 Å². The number of carbonyl (C=O) groups excluding carboxylic acids is 1. The van der Waals surface area contributed by atoms with E-state index in [0.29, 0.717) is 11.3 Å². The Hall–Kier alpha value is -1.29. The molecule has 0 fully saturated rings. The van der Waals surface area contributed by atoms with E-state index in [4.69, 9.17) is 10.00 Å². The Kier molecular flexibility index (Phi) is 4.37. The van der Waals surface area contributed by atoms with E-state index < -0.39 is 5.97 Å². The molecule has 0 heterocycles. The number of hydrogen-bond donors (Lipinski definition) is 0. The third-order valence-electron chi connectivity index (χ3n) is 1.64. The lowest BCUT2D eigenvalue weighted by molar-refractivity contribution is -0.142. The van der Waals surface area contributed by atoms with Gasteiger partial charge in [-0.05, 0) is 40.8 Å². The standard InChI is InChI=1S/C10H8INO3/c1-14-10(13)6-15-9-3-2-8(11)4-7(9)5-12/h2-4H,6H2,1H3. The van der Waals surface area contributed by atoms with E-state index in [1.54, 1.807) is 18.2 Å². The fraction of sp³-hybridized carbons (Fsp3) is 0.200. The third-order valence-corrected chi connectivity index (χ3v) is 2.31. The largest absolute Gasteiger partial charge is 0.481 e. The van der Waals surface area contributed by atoms with Crippen LogP contribution in [0.2, 0.25) is 0 Å². The molecule has 0 aliphatic heterocycles. The zero-order chi connectivity index (χ0) is 11.3. The maximum Gasteiger partial charge on any atom is 0.343 e. The average Bonchev–Trinajstić information content (AvgIpc) is 2.26. The Morgan fingerprint density at radius 2 is 2.33 bits per heavy atom. The molecule has 0 aliphatic carbocycles. The van der Waals surface area contributed by atoms with Gasteiger partial charge in [0.15, 0.2) is 6.61 Å². The molecule has 0 atom stereocenters. The molecule has 0 amide bonds. The van der Waals surface area contributed by atoms with E-state index in [-0.39, 0.29) is 6.61 Å². The van der Waals surface area contributed by atoms with Crippen molar-refractivity contribution < 1.29 is 14.3 Å².